The molecule has 0 aromatic heterocycles. The van der Waals surface area contributed by atoms with Gasteiger partial charge >= 0.3 is 0 Å². The van der Waals surface area contributed by atoms with E-state index >= 15 is 0 Å². The average Bonchev–Trinajstić information content (AvgIpc) is 2.73. The summed E-state index contributed by atoms with van der Waals surface area (Å²) >= 11 is 5.92. The molecular weight excluding hydrogens is 284 g/mol. The Hall–Kier alpha value is -1.53. The van der Waals surface area contributed by atoms with Gasteiger partial charge in [-0.15, -0.1) is 0 Å². The number of nitrogens with zero attached hydrogens (tertiary/aromatic N) is 1. The quantitative estimate of drug-likeness (QED) is 0.916. The van der Waals surface area contributed by atoms with Gasteiger partial charge in [0, 0.05) is 22.5 Å². The van der Waals surface area contributed by atoms with Crippen LogP contribution in [0.2, 0.25) is 5.02 Å². The Morgan fingerprint density at radius 2 is 2.24 bits per heavy atom. The van der Waals surface area contributed by atoms with E-state index in [4.69, 9.17) is 11.6 Å². The van der Waals surface area contributed by atoms with Gasteiger partial charge in [-0.05, 0) is 49.3 Å². The molecule has 1 aliphatic rings. The molecule has 112 valence electrons. The molecular formula is C17H21ClN2O. The third-order valence-electron chi connectivity index (χ3n) is 4.80. The molecule has 0 heterocycles. The van der Waals surface area contributed by atoms with Crippen molar-refractivity contribution in [3.63, 3.8) is 0 Å². The summed E-state index contributed by atoms with van der Waals surface area (Å²) in [5.41, 5.74) is 0.553. The highest BCUT2D eigenvalue weighted by atomic mass is 35.5. The molecule has 0 bridgehead atoms. The minimum atomic E-state index is -0.0942. The van der Waals surface area contributed by atoms with Crippen LogP contribution in [0.15, 0.2) is 24.3 Å². The summed E-state index contributed by atoms with van der Waals surface area (Å²) < 4.78 is 0. The second-order valence-electron chi connectivity index (χ2n) is 6.48. The van der Waals surface area contributed by atoms with Gasteiger partial charge in [0.1, 0.15) is 0 Å². The van der Waals surface area contributed by atoms with Crippen molar-refractivity contribution in [1.82, 2.24) is 5.32 Å². The van der Waals surface area contributed by atoms with Gasteiger partial charge in [-0.25, -0.2) is 0 Å². The number of hydrogen-bond acceptors (Lipinski definition) is 2. The summed E-state index contributed by atoms with van der Waals surface area (Å²) in [7, 11) is 0. The van der Waals surface area contributed by atoms with E-state index in [-0.39, 0.29) is 23.3 Å². The summed E-state index contributed by atoms with van der Waals surface area (Å²) in [6.45, 7) is 6.25. The topological polar surface area (TPSA) is 52.9 Å². The summed E-state index contributed by atoms with van der Waals surface area (Å²) in [6.07, 6.45) is 1.80. The molecule has 3 unspecified atom stereocenters. The molecule has 1 N–H and O–H groups in total. The largest absolute Gasteiger partial charge is 0.349 e. The van der Waals surface area contributed by atoms with Gasteiger partial charge in [0.05, 0.1) is 6.07 Å². The van der Waals surface area contributed by atoms with Crippen molar-refractivity contribution in [1.29, 1.82) is 5.26 Å². The van der Waals surface area contributed by atoms with Crippen LogP contribution in [0.4, 0.5) is 0 Å². The highest BCUT2D eigenvalue weighted by Gasteiger charge is 2.44. The third kappa shape index (κ3) is 3.39. The lowest BCUT2D eigenvalue weighted by Crippen LogP contribution is -2.37. The van der Waals surface area contributed by atoms with Crippen molar-refractivity contribution in [3.8, 4) is 6.07 Å². The van der Waals surface area contributed by atoms with Crippen LogP contribution in [0.25, 0.3) is 0 Å². The number of benzene rings is 1. The van der Waals surface area contributed by atoms with Gasteiger partial charge in [-0.1, -0.05) is 31.5 Å². The smallest absolute Gasteiger partial charge is 0.251 e. The molecule has 1 aromatic carbocycles. The van der Waals surface area contributed by atoms with E-state index in [9.17, 15) is 10.1 Å². The number of nitriles is 1. The summed E-state index contributed by atoms with van der Waals surface area (Å²) in [5, 5.41) is 12.8. The number of nitrogens with one attached hydrogen (secondary N) is 1. The Kier molecular flexibility index (Phi) is 4.58. The van der Waals surface area contributed by atoms with Crippen LogP contribution in [0.3, 0.4) is 0 Å². The normalized spacial score (nSPS) is 29.7. The molecule has 0 radical (unpaired) electrons. The Bertz CT molecular complexity index is 580. The van der Waals surface area contributed by atoms with Gasteiger partial charge in [0.25, 0.3) is 5.91 Å². The fourth-order valence-corrected chi connectivity index (χ4v) is 3.44. The van der Waals surface area contributed by atoms with Crippen molar-refractivity contribution < 1.29 is 4.79 Å². The SMILES string of the molecule is CC1CC(C)(C(C)C#N)C[C@@H]1NC(=O)c1cccc(Cl)c1. The molecule has 21 heavy (non-hydrogen) atoms. The van der Waals surface area contributed by atoms with Crippen molar-refractivity contribution >= 4 is 17.5 Å². The van der Waals surface area contributed by atoms with Gasteiger partial charge < -0.3 is 5.32 Å². The lowest BCUT2D eigenvalue weighted by Gasteiger charge is -2.26. The predicted molar refractivity (Wildman–Crippen MR) is 84.0 cm³/mol. The summed E-state index contributed by atoms with van der Waals surface area (Å²) in [6, 6.07) is 9.42. The zero-order valence-electron chi connectivity index (χ0n) is 12.7. The first-order chi connectivity index (χ1) is 9.85. The first-order valence-electron chi connectivity index (χ1n) is 7.32. The fourth-order valence-electron chi connectivity index (χ4n) is 3.25. The predicted octanol–water partition coefficient (Wildman–Crippen LogP) is 4.03. The fraction of sp³-hybridized carbons (Fsp3) is 0.529. The zero-order valence-corrected chi connectivity index (χ0v) is 13.4. The van der Waals surface area contributed by atoms with E-state index in [1.807, 2.05) is 6.92 Å². The van der Waals surface area contributed by atoms with Gasteiger partial charge in [0.15, 0.2) is 0 Å². The molecule has 4 heteroatoms. The van der Waals surface area contributed by atoms with E-state index < -0.39 is 0 Å². The molecule has 1 amide bonds. The van der Waals surface area contributed by atoms with E-state index in [2.05, 4.69) is 25.2 Å². The van der Waals surface area contributed by atoms with Crippen molar-refractivity contribution in [2.24, 2.45) is 17.3 Å². The number of carbonyl (C=O) groups is 1. The number of amides is 1. The second-order valence-corrected chi connectivity index (χ2v) is 6.92. The number of hydrogen-bond donors (Lipinski definition) is 1. The Labute approximate surface area is 131 Å². The van der Waals surface area contributed by atoms with Crippen LogP contribution < -0.4 is 5.32 Å². The van der Waals surface area contributed by atoms with E-state index in [0.29, 0.717) is 16.5 Å². The van der Waals surface area contributed by atoms with Crippen molar-refractivity contribution in [2.75, 3.05) is 0 Å². The first kappa shape index (κ1) is 15.9. The Balaban J connectivity index is 2.07. The maximum absolute atomic E-state index is 12.3. The van der Waals surface area contributed by atoms with Gasteiger partial charge in [-0.2, -0.15) is 5.26 Å². The minimum absolute atomic E-state index is 0.00646. The molecule has 2 rings (SSSR count). The number of carbonyl (C=O) groups excluding carboxylic acids is 1. The number of halogens is 1. The van der Waals surface area contributed by atoms with Crippen LogP contribution in [-0.2, 0) is 0 Å². The molecule has 4 atom stereocenters. The molecule has 1 aliphatic carbocycles. The summed E-state index contributed by atoms with van der Waals surface area (Å²) in [5.74, 6) is 0.269. The van der Waals surface area contributed by atoms with Crippen molar-refractivity contribution in [3.05, 3.63) is 34.9 Å². The molecule has 0 saturated heterocycles. The highest BCUT2D eigenvalue weighted by Crippen LogP contribution is 2.46. The standard InChI is InChI=1S/C17H21ClN2O/c1-11-8-17(3,12(2)10-19)9-15(11)20-16(21)13-5-4-6-14(18)7-13/h4-7,11-12,15H,8-9H2,1-3H3,(H,20,21)/t11?,12?,15-,17?/m0/s1. The van der Waals surface area contributed by atoms with Crippen molar-refractivity contribution in [2.45, 2.75) is 39.7 Å². The molecule has 0 spiro atoms. The molecule has 1 saturated carbocycles. The van der Waals surface area contributed by atoms with E-state index in [1.54, 1.807) is 24.3 Å². The maximum atomic E-state index is 12.3. The van der Waals surface area contributed by atoms with Gasteiger partial charge in [-0.3, -0.25) is 4.79 Å². The number of rotatable bonds is 3. The van der Waals surface area contributed by atoms with Crippen LogP contribution in [0.5, 0.6) is 0 Å². The molecule has 3 nitrogen and oxygen atoms in total. The average molecular weight is 305 g/mol. The summed E-state index contributed by atoms with van der Waals surface area (Å²) in [4.78, 5) is 12.3. The first-order valence-corrected chi connectivity index (χ1v) is 7.69. The lowest BCUT2D eigenvalue weighted by molar-refractivity contribution is 0.0927. The van der Waals surface area contributed by atoms with E-state index in [1.165, 1.54) is 0 Å². The lowest BCUT2D eigenvalue weighted by atomic mass is 9.77. The second kappa shape index (κ2) is 6.07. The van der Waals surface area contributed by atoms with Crippen LogP contribution in [-0.4, -0.2) is 11.9 Å². The Morgan fingerprint density at radius 1 is 1.52 bits per heavy atom. The van der Waals surface area contributed by atoms with Crippen LogP contribution in [0.1, 0.15) is 44.0 Å². The minimum Gasteiger partial charge on any atom is -0.349 e. The van der Waals surface area contributed by atoms with Crippen LogP contribution in [0, 0.1) is 28.6 Å². The third-order valence-corrected chi connectivity index (χ3v) is 5.04. The zero-order chi connectivity index (χ0) is 15.6. The molecule has 1 fully saturated rings. The highest BCUT2D eigenvalue weighted by molar-refractivity contribution is 6.30. The monoisotopic (exact) mass is 304 g/mol. The van der Waals surface area contributed by atoms with Crippen LogP contribution >= 0.6 is 11.6 Å². The molecule has 1 aromatic rings. The maximum Gasteiger partial charge on any atom is 0.251 e. The Morgan fingerprint density at radius 3 is 2.86 bits per heavy atom. The molecule has 0 aliphatic heterocycles. The van der Waals surface area contributed by atoms with Gasteiger partial charge in [0.2, 0.25) is 0 Å². The van der Waals surface area contributed by atoms with E-state index in [0.717, 1.165) is 12.8 Å².